The molecule has 2 aromatic carbocycles. The number of nitrogens with one attached hydrogen (secondary N) is 3. The number of anilines is 1. The third kappa shape index (κ3) is 12.2. The van der Waals surface area contributed by atoms with Crippen molar-refractivity contribution in [2.75, 3.05) is 25.0 Å². The lowest BCUT2D eigenvalue weighted by molar-refractivity contribution is -0.384. The molecule has 47 heavy (non-hydrogen) atoms. The number of alkyl carbamates (subject to hydrolysis) is 1. The summed E-state index contributed by atoms with van der Waals surface area (Å²) in [5.41, 5.74) is 18.0. The van der Waals surface area contributed by atoms with Crippen molar-refractivity contribution in [3.05, 3.63) is 70.3 Å². The van der Waals surface area contributed by atoms with Gasteiger partial charge in [0.1, 0.15) is 18.7 Å². The second-order valence-electron chi connectivity index (χ2n) is 11.1. The van der Waals surface area contributed by atoms with Crippen LogP contribution in [0, 0.1) is 10.1 Å². The summed E-state index contributed by atoms with van der Waals surface area (Å²) in [6.45, 7) is 1.10. The number of unbranched alkanes of at least 4 members (excludes halogenated alkanes) is 1. The molecule has 0 radical (unpaired) electrons. The van der Waals surface area contributed by atoms with E-state index in [0.29, 0.717) is 57.3 Å². The number of guanidine groups is 1. The molecule has 1 fully saturated rings. The minimum atomic E-state index is -0.995. The highest BCUT2D eigenvalue weighted by atomic mass is 16.6. The fourth-order valence-corrected chi connectivity index (χ4v) is 5.03. The monoisotopic (exact) mass is 653 g/mol. The first kappa shape index (κ1) is 36.2. The fourth-order valence-electron chi connectivity index (χ4n) is 5.03. The van der Waals surface area contributed by atoms with Crippen LogP contribution in [0.25, 0.3) is 0 Å². The average Bonchev–Trinajstić information content (AvgIpc) is 3.55. The number of likely N-dealkylation sites (tertiary alicyclic amines) is 1. The third-order valence-electron chi connectivity index (χ3n) is 7.50. The first-order chi connectivity index (χ1) is 22.5. The second-order valence-corrected chi connectivity index (χ2v) is 11.1. The SMILES string of the molecule is NC(N)=NCCC[C@H](NC(=O)[C@@H]1CCCN1C(=O)[C@H](N)CCCCNC(=O)OCc1ccccc1)C(=O)Nc1ccc([N+](=O)[O-])cc1. The van der Waals surface area contributed by atoms with E-state index >= 15 is 0 Å². The van der Waals surface area contributed by atoms with Crippen molar-refractivity contribution in [2.45, 2.75) is 69.7 Å². The van der Waals surface area contributed by atoms with E-state index in [1.54, 1.807) is 0 Å². The summed E-state index contributed by atoms with van der Waals surface area (Å²) < 4.78 is 5.18. The first-order valence-electron chi connectivity index (χ1n) is 15.5. The smallest absolute Gasteiger partial charge is 0.407 e. The molecule has 254 valence electrons. The van der Waals surface area contributed by atoms with E-state index in [1.165, 1.54) is 29.2 Å². The number of aliphatic imine (C=N–C) groups is 1. The zero-order valence-electron chi connectivity index (χ0n) is 26.1. The molecule has 0 bridgehead atoms. The quantitative estimate of drug-likeness (QED) is 0.0471. The molecule has 16 nitrogen and oxygen atoms in total. The Balaban J connectivity index is 1.49. The minimum absolute atomic E-state index is 0.102. The summed E-state index contributed by atoms with van der Waals surface area (Å²) in [6, 6.07) is 12.0. The Morgan fingerprint density at radius 3 is 2.43 bits per heavy atom. The number of non-ortho nitro benzene ring substituents is 1. The number of nitro groups is 1. The van der Waals surface area contributed by atoms with Crippen LogP contribution in [0.15, 0.2) is 59.6 Å². The van der Waals surface area contributed by atoms with Gasteiger partial charge in [0, 0.05) is 37.5 Å². The van der Waals surface area contributed by atoms with E-state index in [2.05, 4.69) is 20.9 Å². The first-order valence-corrected chi connectivity index (χ1v) is 15.5. The molecule has 3 rings (SSSR count). The van der Waals surface area contributed by atoms with Gasteiger partial charge in [0.15, 0.2) is 5.96 Å². The Hall–Kier alpha value is -5.25. The van der Waals surface area contributed by atoms with Crippen LogP contribution in [0.4, 0.5) is 16.2 Å². The van der Waals surface area contributed by atoms with Gasteiger partial charge in [0.05, 0.1) is 11.0 Å². The molecule has 3 atom stereocenters. The summed E-state index contributed by atoms with van der Waals surface area (Å²) in [5, 5.41) is 19.0. The zero-order chi connectivity index (χ0) is 34.2. The highest BCUT2D eigenvalue weighted by Crippen LogP contribution is 2.21. The molecular formula is C31H43N9O7. The van der Waals surface area contributed by atoms with Gasteiger partial charge in [-0.2, -0.15) is 0 Å². The predicted molar refractivity (Wildman–Crippen MR) is 175 cm³/mol. The van der Waals surface area contributed by atoms with Crippen molar-refractivity contribution in [1.29, 1.82) is 0 Å². The van der Waals surface area contributed by atoms with Gasteiger partial charge in [-0.1, -0.05) is 30.3 Å². The van der Waals surface area contributed by atoms with Crippen LogP contribution < -0.4 is 33.2 Å². The van der Waals surface area contributed by atoms with Gasteiger partial charge >= 0.3 is 6.09 Å². The Kier molecular flexibility index (Phi) is 14.4. The number of nitrogens with zero attached hydrogens (tertiary/aromatic N) is 3. The van der Waals surface area contributed by atoms with Crippen LogP contribution in [-0.4, -0.2) is 77.4 Å². The van der Waals surface area contributed by atoms with Crippen molar-refractivity contribution >= 4 is 41.1 Å². The maximum absolute atomic E-state index is 13.4. The highest BCUT2D eigenvalue weighted by Gasteiger charge is 2.37. The molecule has 1 saturated heterocycles. The highest BCUT2D eigenvalue weighted by molar-refractivity contribution is 5.98. The maximum Gasteiger partial charge on any atom is 0.407 e. The van der Waals surface area contributed by atoms with Gasteiger partial charge in [0.25, 0.3) is 5.69 Å². The summed E-state index contributed by atoms with van der Waals surface area (Å²) in [4.78, 5) is 67.5. The Morgan fingerprint density at radius 2 is 1.74 bits per heavy atom. The van der Waals surface area contributed by atoms with Crippen molar-refractivity contribution in [1.82, 2.24) is 15.5 Å². The van der Waals surface area contributed by atoms with Gasteiger partial charge < -0.3 is 42.8 Å². The number of nitro benzene ring substituents is 1. The van der Waals surface area contributed by atoms with Crippen molar-refractivity contribution < 1.29 is 28.8 Å². The molecule has 0 saturated carbocycles. The van der Waals surface area contributed by atoms with Gasteiger partial charge in [-0.15, -0.1) is 0 Å². The summed E-state index contributed by atoms with van der Waals surface area (Å²) in [5.74, 6) is -1.50. The Labute approximate surface area is 272 Å². The lowest BCUT2D eigenvalue weighted by atomic mass is 10.1. The van der Waals surface area contributed by atoms with Crippen LogP contribution in [0.1, 0.15) is 50.5 Å². The van der Waals surface area contributed by atoms with Crippen LogP contribution in [0.5, 0.6) is 0 Å². The van der Waals surface area contributed by atoms with E-state index in [9.17, 15) is 29.3 Å². The van der Waals surface area contributed by atoms with Gasteiger partial charge in [-0.3, -0.25) is 29.5 Å². The minimum Gasteiger partial charge on any atom is -0.445 e. The predicted octanol–water partition coefficient (Wildman–Crippen LogP) is 1.49. The fraction of sp³-hybridized carbons (Fsp3) is 0.452. The molecular weight excluding hydrogens is 610 g/mol. The number of carbonyl (C=O) groups excluding carboxylic acids is 4. The molecule has 1 aliphatic heterocycles. The number of rotatable bonds is 17. The number of carbonyl (C=O) groups is 4. The maximum atomic E-state index is 13.4. The lowest BCUT2D eigenvalue weighted by Gasteiger charge is -2.28. The average molecular weight is 654 g/mol. The second kappa shape index (κ2) is 18.7. The van der Waals surface area contributed by atoms with Gasteiger partial charge in [0.2, 0.25) is 17.7 Å². The number of hydrogen-bond donors (Lipinski definition) is 6. The summed E-state index contributed by atoms with van der Waals surface area (Å²) in [7, 11) is 0. The molecule has 2 aromatic rings. The van der Waals surface area contributed by atoms with E-state index in [-0.39, 0.29) is 37.1 Å². The van der Waals surface area contributed by atoms with E-state index in [0.717, 1.165) is 5.56 Å². The van der Waals surface area contributed by atoms with E-state index in [1.807, 2.05) is 30.3 Å². The van der Waals surface area contributed by atoms with Crippen LogP contribution in [0.3, 0.4) is 0 Å². The van der Waals surface area contributed by atoms with Crippen molar-refractivity contribution in [2.24, 2.45) is 22.2 Å². The van der Waals surface area contributed by atoms with Crippen molar-refractivity contribution in [3.63, 3.8) is 0 Å². The molecule has 0 aliphatic carbocycles. The molecule has 4 amide bonds. The van der Waals surface area contributed by atoms with E-state index in [4.69, 9.17) is 21.9 Å². The lowest BCUT2D eigenvalue weighted by Crippen LogP contribution is -2.54. The number of ether oxygens (including phenoxy) is 1. The number of benzene rings is 2. The number of nitrogens with two attached hydrogens (primary N) is 3. The zero-order valence-corrected chi connectivity index (χ0v) is 26.1. The van der Waals surface area contributed by atoms with Crippen LogP contribution in [-0.2, 0) is 25.7 Å². The van der Waals surface area contributed by atoms with Crippen LogP contribution >= 0.6 is 0 Å². The normalized spacial score (nSPS) is 15.2. The number of amides is 4. The van der Waals surface area contributed by atoms with Crippen molar-refractivity contribution in [3.8, 4) is 0 Å². The Morgan fingerprint density at radius 1 is 1.02 bits per heavy atom. The molecule has 9 N–H and O–H groups in total. The molecule has 1 heterocycles. The molecule has 16 heteroatoms. The van der Waals surface area contributed by atoms with Gasteiger partial charge in [-0.05, 0) is 62.6 Å². The largest absolute Gasteiger partial charge is 0.445 e. The summed E-state index contributed by atoms with van der Waals surface area (Å²) >= 11 is 0. The topological polar surface area (TPSA) is 250 Å². The number of hydrogen-bond acceptors (Lipinski definition) is 9. The van der Waals surface area contributed by atoms with Crippen LogP contribution in [0.2, 0.25) is 0 Å². The molecule has 0 aromatic heterocycles. The molecule has 0 spiro atoms. The Bertz CT molecular complexity index is 1390. The standard InChI is InChI=1S/C31H43N9O7/c32-24(10-4-5-17-36-31(44)47-20-21-8-2-1-3-9-21)29(43)39-19-7-12-26(39)28(42)38-25(11-6-18-35-30(33)34)27(41)37-22-13-15-23(16-14-22)40(45)46/h1-3,8-9,13-16,24-26H,4-7,10-12,17-20,32H2,(H,36,44)(H,37,41)(H,38,42)(H4,33,34,35)/t24-,25+,26+/m1/s1. The third-order valence-corrected chi connectivity index (χ3v) is 7.50. The molecule has 0 unspecified atom stereocenters. The van der Waals surface area contributed by atoms with Gasteiger partial charge in [-0.25, -0.2) is 4.79 Å². The van der Waals surface area contributed by atoms with E-state index < -0.39 is 41.0 Å². The summed E-state index contributed by atoms with van der Waals surface area (Å²) in [6.07, 6.45) is 2.53. The molecule has 1 aliphatic rings.